The minimum absolute atomic E-state index is 0.480. The number of benzene rings is 1. The quantitative estimate of drug-likeness (QED) is 0.858. The van der Waals surface area contributed by atoms with Crippen molar-refractivity contribution >= 4 is 0 Å². The van der Waals surface area contributed by atoms with Crippen LogP contribution in [0.5, 0.6) is 5.75 Å². The van der Waals surface area contributed by atoms with Crippen LogP contribution in [0.4, 0.5) is 0 Å². The molecule has 1 aliphatic carbocycles. The number of fused-ring (bicyclic) bond motifs is 1. The Morgan fingerprint density at radius 2 is 2.12 bits per heavy atom. The number of nitrogens with one attached hydrogen (secondary N) is 1. The first-order chi connectivity index (χ1) is 8.33. The van der Waals surface area contributed by atoms with E-state index in [0.29, 0.717) is 12.1 Å². The number of hydrogen-bond donors (Lipinski definition) is 1. The SMILES string of the molecule is CC(CC1CC1)NC1CCOc2ccccc21. The Morgan fingerprint density at radius 3 is 2.94 bits per heavy atom. The van der Waals surface area contributed by atoms with Crippen LogP contribution in [0.25, 0.3) is 0 Å². The van der Waals surface area contributed by atoms with E-state index in [1.165, 1.54) is 24.8 Å². The van der Waals surface area contributed by atoms with Gasteiger partial charge in [-0.3, -0.25) is 0 Å². The molecule has 0 spiro atoms. The van der Waals surface area contributed by atoms with Gasteiger partial charge in [0.25, 0.3) is 0 Å². The molecule has 1 aliphatic heterocycles. The van der Waals surface area contributed by atoms with Gasteiger partial charge >= 0.3 is 0 Å². The second-order valence-corrected chi connectivity index (χ2v) is 5.47. The van der Waals surface area contributed by atoms with Crippen molar-refractivity contribution in [3.05, 3.63) is 29.8 Å². The number of hydrogen-bond acceptors (Lipinski definition) is 2. The van der Waals surface area contributed by atoms with Crippen LogP contribution in [-0.2, 0) is 0 Å². The average molecular weight is 231 g/mol. The first-order valence-electron chi connectivity index (χ1n) is 6.80. The van der Waals surface area contributed by atoms with E-state index in [1.54, 1.807) is 0 Å². The normalized spacial score (nSPS) is 24.9. The van der Waals surface area contributed by atoms with Gasteiger partial charge in [0.15, 0.2) is 0 Å². The van der Waals surface area contributed by atoms with Gasteiger partial charge in [0.05, 0.1) is 6.61 Å². The minimum atomic E-state index is 0.480. The Morgan fingerprint density at radius 1 is 1.29 bits per heavy atom. The van der Waals surface area contributed by atoms with Crippen LogP contribution >= 0.6 is 0 Å². The summed E-state index contributed by atoms with van der Waals surface area (Å²) >= 11 is 0. The lowest BCUT2D eigenvalue weighted by Gasteiger charge is -2.29. The minimum Gasteiger partial charge on any atom is -0.493 e. The molecule has 0 bridgehead atoms. The molecule has 3 rings (SSSR count). The molecule has 0 saturated heterocycles. The summed E-state index contributed by atoms with van der Waals surface area (Å²) in [5, 5.41) is 3.77. The lowest BCUT2D eigenvalue weighted by atomic mass is 9.99. The Hall–Kier alpha value is -1.02. The molecule has 1 saturated carbocycles. The highest BCUT2D eigenvalue weighted by Gasteiger charge is 2.26. The summed E-state index contributed by atoms with van der Waals surface area (Å²) in [6.07, 6.45) is 5.30. The summed E-state index contributed by atoms with van der Waals surface area (Å²) in [5.74, 6) is 2.06. The summed E-state index contributed by atoms with van der Waals surface area (Å²) in [6, 6.07) is 9.53. The summed E-state index contributed by atoms with van der Waals surface area (Å²) in [4.78, 5) is 0. The van der Waals surface area contributed by atoms with Gasteiger partial charge in [-0.25, -0.2) is 0 Å². The third-order valence-corrected chi connectivity index (χ3v) is 3.83. The second-order valence-electron chi connectivity index (χ2n) is 5.47. The lowest BCUT2D eigenvalue weighted by Crippen LogP contribution is -2.34. The van der Waals surface area contributed by atoms with Crippen LogP contribution in [0, 0.1) is 5.92 Å². The fourth-order valence-electron chi connectivity index (χ4n) is 2.78. The molecule has 17 heavy (non-hydrogen) atoms. The maximum atomic E-state index is 5.69. The van der Waals surface area contributed by atoms with Gasteiger partial charge < -0.3 is 10.1 Å². The van der Waals surface area contributed by atoms with Gasteiger partial charge in [-0.1, -0.05) is 31.0 Å². The molecule has 2 aliphatic rings. The Bertz CT molecular complexity index is 386. The van der Waals surface area contributed by atoms with Crippen LogP contribution in [0.1, 0.15) is 44.2 Å². The molecular formula is C15H21NO. The van der Waals surface area contributed by atoms with E-state index in [-0.39, 0.29) is 0 Å². The van der Waals surface area contributed by atoms with Crippen molar-refractivity contribution in [3.8, 4) is 5.75 Å². The highest BCUT2D eigenvalue weighted by Crippen LogP contribution is 2.35. The largest absolute Gasteiger partial charge is 0.493 e. The van der Waals surface area contributed by atoms with Gasteiger partial charge in [0, 0.05) is 24.1 Å². The summed E-state index contributed by atoms with van der Waals surface area (Å²) in [7, 11) is 0. The van der Waals surface area contributed by atoms with Gasteiger partial charge in [0.1, 0.15) is 5.75 Å². The highest BCUT2D eigenvalue weighted by atomic mass is 16.5. The third-order valence-electron chi connectivity index (χ3n) is 3.83. The van der Waals surface area contributed by atoms with E-state index in [0.717, 1.165) is 24.7 Å². The molecule has 1 N–H and O–H groups in total. The molecule has 92 valence electrons. The first kappa shape index (κ1) is 11.1. The number of rotatable bonds is 4. The van der Waals surface area contributed by atoms with Crippen LogP contribution in [-0.4, -0.2) is 12.6 Å². The van der Waals surface area contributed by atoms with E-state index >= 15 is 0 Å². The summed E-state index contributed by atoms with van der Waals surface area (Å²) < 4.78 is 5.69. The van der Waals surface area contributed by atoms with Crippen molar-refractivity contribution in [1.29, 1.82) is 0 Å². The van der Waals surface area contributed by atoms with Crippen molar-refractivity contribution < 1.29 is 4.74 Å². The molecule has 2 atom stereocenters. The molecule has 0 amide bonds. The fourth-order valence-corrected chi connectivity index (χ4v) is 2.78. The molecule has 1 heterocycles. The van der Waals surface area contributed by atoms with Crippen LogP contribution in [0.15, 0.2) is 24.3 Å². The molecule has 0 radical (unpaired) electrons. The predicted molar refractivity (Wildman–Crippen MR) is 69.2 cm³/mol. The first-order valence-corrected chi connectivity index (χ1v) is 6.80. The molecular weight excluding hydrogens is 210 g/mol. The zero-order chi connectivity index (χ0) is 11.7. The standard InChI is InChI=1S/C15H21NO/c1-11(10-12-6-7-12)16-14-8-9-17-15-5-3-2-4-13(14)15/h2-5,11-12,14,16H,6-10H2,1H3. The van der Waals surface area contributed by atoms with Crippen molar-refractivity contribution in [2.75, 3.05) is 6.61 Å². The monoisotopic (exact) mass is 231 g/mol. The van der Waals surface area contributed by atoms with E-state index in [9.17, 15) is 0 Å². The summed E-state index contributed by atoms with van der Waals surface area (Å²) in [5.41, 5.74) is 1.33. The molecule has 2 nitrogen and oxygen atoms in total. The van der Waals surface area contributed by atoms with E-state index in [4.69, 9.17) is 4.74 Å². The highest BCUT2D eigenvalue weighted by molar-refractivity contribution is 5.37. The third kappa shape index (κ3) is 2.63. The Kier molecular flexibility index (Phi) is 3.06. The number of para-hydroxylation sites is 1. The predicted octanol–water partition coefficient (Wildman–Crippen LogP) is 3.29. The lowest BCUT2D eigenvalue weighted by molar-refractivity contribution is 0.243. The molecule has 1 aromatic rings. The molecule has 2 unspecified atom stereocenters. The molecule has 2 heteroatoms. The van der Waals surface area contributed by atoms with E-state index in [1.807, 2.05) is 0 Å². The molecule has 1 fully saturated rings. The van der Waals surface area contributed by atoms with Gasteiger partial charge in [-0.15, -0.1) is 0 Å². The topological polar surface area (TPSA) is 21.3 Å². The van der Waals surface area contributed by atoms with E-state index < -0.39 is 0 Å². The molecule has 1 aromatic carbocycles. The Labute approximate surface area is 103 Å². The van der Waals surface area contributed by atoms with Gasteiger partial charge in [-0.05, 0) is 25.3 Å². The maximum Gasteiger partial charge on any atom is 0.124 e. The zero-order valence-electron chi connectivity index (χ0n) is 10.5. The second kappa shape index (κ2) is 4.69. The van der Waals surface area contributed by atoms with E-state index in [2.05, 4.69) is 36.5 Å². The Balaban J connectivity index is 1.67. The van der Waals surface area contributed by atoms with Gasteiger partial charge in [-0.2, -0.15) is 0 Å². The molecule has 0 aromatic heterocycles. The van der Waals surface area contributed by atoms with Crippen molar-refractivity contribution in [3.63, 3.8) is 0 Å². The van der Waals surface area contributed by atoms with Crippen molar-refractivity contribution in [2.45, 2.75) is 44.7 Å². The van der Waals surface area contributed by atoms with Crippen LogP contribution in [0.2, 0.25) is 0 Å². The summed E-state index contributed by atoms with van der Waals surface area (Å²) in [6.45, 7) is 3.15. The number of ether oxygens (including phenoxy) is 1. The van der Waals surface area contributed by atoms with Crippen molar-refractivity contribution in [1.82, 2.24) is 5.32 Å². The zero-order valence-corrected chi connectivity index (χ0v) is 10.5. The van der Waals surface area contributed by atoms with Gasteiger partial charge in [0.2, 0.25) is 0 Å². The maximum absolute atomic E-state index is 5.69. The van der Waals surface area contributed by atoms with Crippen LogP contribution < -0.4 is 10.1 Å². The van der Waals surface area contributed by atoms with Crippen LogP contribution in [0.3, 0.4) is 0 Å². The average Bonchev–Trinajstić information content (AvgIpc) is 3.13. The smallest absolute Gasteiger partial charge is 0.124 e. The fraction of sp³-hybridized carbons (Fsp3) is 0.600. The van der Waals surface area contributed by atoms with Crippen molar-refractivity contribution in [2.24, 2.45) is 5.92 Å².